The van der Waals surface area contributed by atoms with Crippen LogP contribution in [0, 0.1) is 6.92 Å². The van der Waals surface area contributed by atoms with Crippen LogP contribution in [0.1, 0.15) is 37.3 Å². The highest BCUT2D eigenvalue weighted by atomic mass is 127. The number of halogens is 1. The highest BCUT2D eigenvalue weighted by Crippen LogP contribution is 2.15. The molecule has 0 bridgehead atoms. The molecular formula is C18H31IN4. The lowest BCUT2D eigenvalue weighted by molar-refractivity contribution is 0.163. The Morgan fingerprint density at radius 1 is 1.30 bits per heavy atom. The van der Waals surface area contributed by atoms with Crippen molar-refractivity contribution in [3.05, 3.63) is 35.4 Å². The maximum Gasteiger partial charge on any atom is 0.191 e. The smallest absolute Gasteiger partial charge is 0.191 e. The second-order valence-electron chi connectivity index (χ2n) is 6.22. The summed E-state index contributed by atoms with van der Waals surface area (Å²) in [4.78, 5) is 6.88. The predicted octanol–water partition coefficient (Wildman–Crippen LogP) is 3.15. The van der Waals surface area contributed by atoms with Crippen LogP contribution in [-0.4, -0.2) is 43.6 Å². The van der Waals surface area contributed by atoms with E-state index in [2.05, 4.69) is 58.6 Å². The van der Waals surface area contributed by atoms with Gasteiger partial charge in [-0.15, -0.1) is 24.0 Å². The molecule has 1 atom stereocenters. The van der Waals surface area contributed by atoms with Gasteiger partial charge >= 0.3 is 0 Å². The fourth-order valence-electron chi connectivity index (χ4n) is 3.04. The summed E-state index contributed by atoms with van der Waals surface area (Å²) >= 11 is 0. The highest BCUT2D eigenvalue weighted by Gasteiger charge is 2.17. The molecule has 2 N–H and O–H groups in total. The fraction of sp³-hybridized carbons (Fsp3) is 0.611. The molecule has 1 saturated heterocycles. The van der Waals surface area contributed by atoms with Crippen LogP contribution in [0.25, 0.3) is 0 Å². The van der Waals surface area contributed by atoms with Gasteiger partial charge in [0.1, 0.15) is 0 Å². The highest BCUT2D eigenvalue weighted by molar-refractivity contribution is 14.0. The molecule has 0 aromatic heterocycles. The largest absolute Gasteiger partial charge is 0.355 e. The molecule has 1 fully saturated rings. The Labute approximate surface area is 158 Å². The van der Waals surface area contributed by atoms with Crippen molar-refractivity contribution in [3.63, 3.8) is 0 Å². The lowest BCUT2D eigenvalue weighted by Gasteiger charge is -2.33. The number of piperidine rings is 1. The van der Waals surface area contributed by atoms with Crippen molar-refractivity contribution in [2.75, 3.05) is 26.7 Å². The molecule has 0 aliphatic carbocycles. The van der Waals surface area contributed by atoms with Gasteiger partial charge in [0.05, 0.1) is 0 Å². The van der Waals surface area contributed by atoms with Gasteiger partial charge in [0.2, 0.25) is 0 Å². The Morgan fingerprint density at radius 2 is 2.13 bits per heavy atom. The van der Waals surface area contributed by atoms with E-state index in [0.717, 1.165) is 31.6 Å². The molecule has 5 heteroatoms. The van der Waals surface area contributed by atoms with Crippen LogP contribution in [-0.2, 0) is 6.54 Å². The Bertz CT molecular complexity index is 490. The van der Waals surface area contributed by atoms with E-state index in [1.165, 1.54) is 36.9 Å². The first-order valence-electron chi connectivity index (χ1n) is 8.43. The van der Waals surface area contributed by atoms with Crippen molar-refractivity contribution < 1.29 is 0 Å². The third kappa shape index (κ3) is 7.08. The average molecular weight is 430 g/mol. The van der Waals surface area contributed by atoms with E-state index in [1.807, 2.05) is 7.05 Å². The molecule has 0 amide bonds. The van der Waals surface area contributed by atoms with Crippen molar-refractivity contribution in [1.82, 2.24) is 15.5 Å². The lowest BCUT2D eigenvalue weighted by Crippen LogP contribution is -2.45. The first kappa shape index (κ1) is 20.2. The molecule has 0 radical (unpaired) electrons. The van der Waals surface area contributed by atoms with Crippen LogP contribution >= 0.6 is 24.0 Å². The van der Waals surface area contributed by atoms with Gasteiger partial charge < -0.3 is 10.6 Å². The van der Waals surface area contributed by atoms with Crippen LogP contribution in [0.3, 0.4) is 0 Å². The zero-order valence-electron chi connectivity index (χ0n) is 14.6. The number of likely N-dealkylation sites (tertiary alicyclic amines) is 1. The molecule has 1 aromatic carbocycles. The standard InChI is InChI=1S/C18H30N4.HI/c1-15-7-6-9-17(13-15)14-21-18(19-3)20-10-12-22-11-5-4-8-16(22)2;/h6-7,9,13,16H,4-5,8,10-12,14H2,1-3H3,(H2,19,20,21);1H. The second-order valence-corrected chi connectivity index (χ2v) is 6.22. The number of aliphatic imine (C=N–C) groups is 1. The third-order valence-electron chi connectivity index (χ3n) is 4.40. The lowest BCUT2D eigenvalue weighted by atomic mass is 10.0. The number of guanidine groups is 1. The van der Waals surface area contributed by atoms with Crippen molar-refractivity contribution >= 4 is 29.9 Å². The monoisotopic (exact) mass is 430 g/mol. The third-order valence-corrected chi connectivity index (χ3v) is 4.40. The summed E-state index contributed by atoms with van der Waals surface area (Å²) in [5.74, 6) is 0.881. The summed E-state index contributed by atoms with van der Waals surface area (Å²) in [5.41, 5.74) is 2.58. The fourth-order valence-corrected chi connectivity index (χ4v) is 3.04. The molecule has 0 saturated carbocycles. The molecule has 1 heterocycles. The van der Waals surface area contributed by atoms with Crippen LogP contribution in [0.4, 0.5) is 0 Å². The molecule has 1 unspecified atom stereocenters. The summed E-state index contributed by atoms with van der Waals surface area (Å²) in [6.07, 6.45) is 4.05. The van der Waals surface area contributed by atoms with Gasteiger partial charge in [-0.2, -0.15) is 0 Å². The molecule has 0 spiro atoms. The predicted molar refractivity (Wildman–Crippen MR) is 110 cm³/mol. The molecule has 2 rings (SSSR count). The van der Waals surface area contributed by atoms with Crippen molar-refractivity contribution in [2.45, 2.75) is 45.7 Å². The Kier molecular flexibility index (Phi) is 9.55. The van der Waals surface area contributed by atoms with Gasteiger partial charge in [-0.25, -0.2) is 0 Å². The number of hydrogen-bond acceptors (Lipinski definition) is 2. The van der Waals surface area contributed by atoms with Gasteiger partial charge in [-0.1, -0.05) is 36.2 Å². The zero-order chi connectivity index (χ0) is 15.8. The Morgan fingerprint density at radius 3 is 2.83 bits per heavy atom. The van der Waals surface area contributed by atoms with E-state index in [1.54, 1.807) is 0 Å². The van der Waals surface area contributed by atoms with E-state index in [4.69, 9.17) is 0 Å². The van der Waals surface area contributed by atoms with Crippen molar-refractivity contribution in [3.8, 4) is 0 Å². The number of hydrogen-bond donors (Lipinski definition) is 2. The minimum atomic E-state index is 0. The number of nitrogens with one attached hydrogen (secondary N) is 2. The summed E-state index contributed by atoms with van der Waals surface area (Å²) < 4.78 is 0. The molecule has 1 aromatic rings. The van der Waals surface area contributed by atoms with Gasteiger partial charge in [0, 0.05) is 32.7 Å². The second kappa shape index (κ2) is 10.9. The first-order chi connectivity index (χ1) is 10.7. The SMILES string of the molecule is CN=C(NCCN1CCCCC1C)NCc1cccc(C)c1.I. The minimum Gasteiger partial charge on any atom is -0.355 e. The maximum atomic E-state index is 4.30. The van der Waals surface area contributed by atoms with Crippen LogP contribution in [0.2, 0.25) is 0 Å². The van der Waals surface area contributed by atoms with Gasteiger partial charge in [-0.3, -0.25) is 9.89 Å². The van der Waals surface area contributed by atoms with Crippen LogP contribution < -0.4 is 10.6 Å². The number of aryl methyl sites for hydroxylation is 1. The quantitative estimate of drug-likeness (QED) is 0.429. The average Bonchev–Trinajstić information content (AvgIpc) is 2.52. The van der Waals surface area contributed by atoms with Gasteiger partial charge in [0.15, 0.2) is 5.96 Å². The van der Waals surface area contributed by atoms with Crippen molar-refractivity contribution in [2.24, 2.45) is 4.99 Å². The number of benzene rings is 1. The molecule has 1 aliphatic heterocycles. The number of nitrogens with zero attached hydrogens (tertiary/aromatic N) is 2. The van der Waals surface area contributed by atoms with E-state index < -0.39 is 0 Å². The van der Waals surface area contributed by atoms with E-state index in [0.29, 0.717) is 0 Å². The molecular weight excluding hydrogens is 399 g/mol. The topological polar surface area (TPSA) is 39.7 Å². The summed E-state index contributed by atoms with van der Waals surface area (Å²) in [6, 6.07) is 9.28. The summed E-state index contributed by atoms with van der Waals surface area (Å²) in [7, 11) is 1.83. The molecule has 23 heavy (non-hydrogen) atoms. The van der Waals surface area contributed by atoms with Gasteiger partial charge in [0.25, 0.3) is 0 Å². The van der Waals surface area contributed by atoms with E-state index >= 15 is 0 Å². The summed E-state index contributed by atoms with van der Waals surface area (Å²) in [6.45, 7) is 8.53. The minimum absolute atomic E-state index is 0. The number of rotatable bonds is 5. The van der Waals surface area contributed by atoms with Crippen LogP contribution in [0.15, 0.2) is 29.3 Å². The maximum absolute atomic E-state index is 4.30. The van der Waals surface area contributed by atoms with Gasteiger partial charge in [-0.05, 0) is 38.8 Å². The van der Waals surface area contributed by atoms with E-state index in [9.17, 15) is 0 Å². The molecule has 4 nitrogen and oxygen atoms in total. The normalized spacial score (nSPS) is 19.1. The van der Waals surface area contributed by atoms with E-state index in [-0.39, 0.29) is 24.0 Å². The molecule has 130 valence electrons. The Balaban J connectivity index is 0.00000264. The van der Waals surface area contributed by atoms with Crippen molar-refractivity contribution in [1.29, 1.82) is 0 Å². The Hall–Kier alpha value is -0.820. The first-order valence-corrected chi connectivity index (χ1v) is 8.43. The zero-order valence-corrected chi connectivity index (χ0v) is 17.0. The summed E-state index contributed by atoms with van der Waals surface area (Å²) in [5, 5.41) is 6.80. The molecule has 1 aliphatic rings. The van der Waals surface area contributed by atoms with Crippen LogP contribution in [0.5, 0.6) is 0 Å².